The molecule has 92 valence electrons. The summed E-state index contributed by atoms with van der Waals surface area (Å²) in [5.41, 5.74) is 0.171. The van der Waals surface area contributed by atoms with Gasteiger partial charge >= 0.3 is 11.9 Å². The second kappa shape index (κ2) is 5.53. The van der Waals surface area contributed by atoms with Gasteiger partial charge in [0.1, 0.15) is 0 Å². The third kappa shape index (κ3) is 2.88. The van der Waals surface area contributed by atoms with Crippen molar-refractivity contribution in [2.45, 2.75) is 10.8 Å². The van der Waals surface area contributed by atoms with Crippen molar-refractivity contribution in [3.05, 3.63) is 17.8 Å². The van der Waals surface area contributed by atoms with E-state index >= 15 is 0 Å². The van der Waals surface area contributed by atoms with Crippen LogP contribution in [0.25, 0.3) is 0 Å². The lowest BCUT2D eigenvalue weighted by Crippen LogP contribution is -2.21. The first-order valence-electron chi connectivity index (χ1n) is 4.54. The summed E-state index contributed by atoms with van der Waals surface area (Å²) in [5, 5.41) is 17.9. The number of methoxy groups -OCH3 is 1. The highest BCUT2D eigenvalue weighted by molar-refractivity contribution is 7.98. The van der Waals surface area contributed by atoms with Crippen LogP contribution in [-0.2, 0) is 9.59 Å². The monoisotopic (exact) mass is 257 g/mol. The number of nitrogens with zero attached hydrogens (tertiary/aromatic N) is 1. The number of carbonyl (C=O) groups is 2. The minimum Gasteiger partial charge on any atom is -0.481 e. The van der Waals surface area contributed by atoms with Gasteiger partial charge in [-0.05, 0) is 11.8 Å². The Balaban J connectivity index is 3.33. The van der Waals surface area contributed by atoms with Gasteiger partial charge in [-0.3, -0.25) is 9.59 Å². The van der Waals surface area contributed by atoms with Crippen molar-refractivity contribution >= 4 is 23.7 Å². The number of pyridine rings is 1. The lowest BCUT2D eigenvalue weighted by atomic mass is 10.0. The van der Waals surface area contributed by atoms with E-state index in [0.29, 0.717) is 4.90 Å². The smallest absolute Gasteiger partial charge is 0.322 e. The zero-order valence-electron chi connectivity index (χ0n) is 9.21. The summed E-state index contributed by atoms with van der Waals surface area (Å²) in [6.07, 6.45) is 3.12. The molecule has 0 aromatic carbocycles. The fourth-order valence-electron chi connectivity index (χ4n) is 1.32. The number of thioether (sulfide) groups is 1. The molecule has 0 amide bonds. The van der Waals surface area contributed by atoms with Crippen molar-refractivity contribution in [3.63, 3.8) is 0 Å². The zero-order valence-corrected chi connectivity index (χ0v) is 10.0. The van der Waals surface area contributed by atoms with Crippen molar-refractivity contribution in [1.29, 1.82) is 0 Å². The Morgan fingerprint density at radius 3 is 2.41 bits per heavy atom. The highest BCUT2D eigenvalue weighted by Gasteiger charge is 2.30. The molecule has 0 atom stereocenters. The van der Waals surface area contributed by atoms with E-state index in [4.69, 9.17) is 14.9 Å². The molecular weight excluding hydrogens is 246 g/mol. The Labute approximate surface area is 102 Å². The van der Waals surface area contributed by atoms with Crippen LogP contribution in [0.4, 0.5) is 0 Å². The van der Waals surface area contributed by atoms with Gasteiger partial charge in [0, 0.05) is 17.2 Å². The van der Waals surface area contributed by atoms with E-state index in [1.54, 1.807) is 6.26 Å². The molecule has 0 spiro atoms. The van der Waals surface area contributed by atoms with Crippen LogP contribution in [0.1, 0.15) is 11.5 Å². The highest BCUT2D eigenvalue weighted by Crippen LogP contribution is 2.29. The molecule has 0 saturated heterocycles. The van der Waals surface area contributed by atoms with Crippen LogP contribution >= 0.6 is 11.8 Å². The van der Waals surface area contributed by atoms with Gasteiger partial charge in [0.15, 0.2) is 5.92 Å². The number of hydrogen-bond donors (Lipinski definition) is 2. The van der Waals surface area contributed by atoms with E-state index in [-0.39, 0.29) is 11.4 Å². The van der Waals surface area contributed by atoms with E-state index < -0.39 is 17.9 Å². The molecule has 1 rings (SSSR count). The summed E-state index contributed by atoms with van der Waals surface area (Å²) >= 11 is 1.23. The number of rotatable bonds is 5. The van der Waals surface area contributed by atoms with Gasteiger partial charge < -0.3 is 14.9 Å². The number of carboxylic acid groups (broad SMARTS) is 2. The molecular formula is C10H11NO5S. The maximum absolute atomic E-state index is 11.0. The van der Waals surface area contributed by atoms with Crippen molar-refractivity contribution in [2.75, 3.05) is 13.4 Å². The Hall–Kier alpha value is -1.76. The van der Waals surface area contributed by atoms with E-state index in [0.717, 1.165) is 0 Å². The summed E-state index contributed by atoms with van der Waals surface area (Å²) in [6.45, 7) is 0. The summed E-state index contributed by atoms with van der Waals surface area (Å²) in [4.78, 5) is 26.3. The van der Waals surface area contributed by atoms with Crippen LogP contribution in [0.15, 0.2) is 17.2 Å². The molecule has 6 nitrogen and oxygen atoms in total. The third-order valence-corrected chi connectivity index (χ3v) is 2.89. The normalized spacial score (nSPS) is 10.3. The molecule has 1 heterocycles. The third-order valence-electron chi connectivity index (χ3n) is 2.11. The molecule has 1 aromatic heterocycles. The van der Waals surface area contributed by atoms with E-state index in [1.165, 1.54) is 31.1 Å². The van der Waals surface area contributed by atoms with Crippen LogP contribution in [-0.4, -0.2) is 40.5 Å². The standard InChI is InChI=1S/C10H11NO5S/c1-16-7-3-5(6(17-2)4-11-7)8(9(12)13)10(14)15/h3-4,8H,1-2H3,(H,12,13)(H,14,15). The van der Waals surface area contributed by atoms with Gasteiger partial charge in [0.25, 0.3) is 0 Å². The number of aliphatic carboxylic acids is 2. The Bertz CT molecular complexity index is 434. The fraction of sp³-hybridized carbons (Fsp3) is 0.300. The van der Waals surface area contributed by atoms with Gasteiger partial charge in [0.2, 0.25) is 5.88 Å². The van der Waals surface area contributed by atoms with Gasteiger partial charge in [-0.25, -0.2) is 4.98 Å². The second-order valence-electron chi connectivity index (χ2n) is 3.08. The quantitative estimate of drug-likeness (QED) is 0.601. The summed E-state index contributed by atoms with van der Waals surface area (Å²) in [7, 11) is 1.38. The summed E-state index contributed by atoms with van der Waals surface area (Å²) < 4.78 is 4.86. The number of hydrogen-bond acceptors (Lipinski definition) is 5. The Morgan fingerprint density at radius 1 is 1.41 bits per heavy atom. The molecule has 0 unspecified atom stereocenters. The van der Waals surface area contributed by atoms with E-state index in [9.17, 15) is 9.59 Å². The molecule has 0 saturated carbocycles. The molecule has 0 aliphatic rings. The largest absolute Gasteiger partial charge is 0.481 e. The SMILES string of the molecule is COc1cc(C(C(=O)O)C(=O)O)c(SC)cn1. The molecule has 0 radical (unpaired) electrons. The first kappa shape index (κ1) is 13.3. The second-order valence-corrected chi connectivity index (χ2v) is 3.93. The zero-order chi connectivity index (χ0) is 13.0. The lowest BCUT2D eigenvalue weighted by Gasteiger charge is -2.12. The Kier molecular flexibility index (Phi) is 4.33. The average Bonchev–Trinajstić information content (AvgIpc) is 2.28. The first-order chi connectivity index (χ1) is 8.01. The van der Waals surface area contributed by atoms with Crippen molar-refractivity contribution < 1.29 is 24.5 Å². The van der Waals surface area contributed by atoms with Crippen LogP contribution in [0.2, 0.25) is 0 Å². The van der Waals surface area contributed by atoms with E-state index in [1.807, 2.05) is 0 Å². The topological polar surface area (TPSA) is 96.7 Å². The van der Waals surface area contributed by atoms with Gasteiger partial charge in [-0.15, -0.1) is 11.8 Å². The maximum Gasteiger partial charge on any atom is 0.322 e. The van der Waals surface area contributed by atoms with Crippen molar-refractivity contribution in [1.82, 2.24) is 4.98 Å². The van der Waals surface area contributed by atoms with E-state index in [2.05, 4.69) is 4.98 Å². The fourth-order valence-corrected chi connectivity index (χ4v) is 1.89. The highest BCUT2D eigenvalue weighted by atomic mass is 32.2. The van der Waals surface area contributed by atoms with Crippen LogP contribution in [0, 0.1) is 0 Å². The predicted molar refractivity (Wildman–Crippen MR) is 60.6 cm³/mol. The summed E-state index contributed by atoms with van der Waals surface area (Å²) in [5.74, 6) is -4.26. The lowest BCUT2D eigenvalue weighted by molar-refractivity contribution is -0.150. The molecule has 2 N–H and O–H groups in total. The molecule has 0 aliphatic carbocycles. The average molecular weight is 257 g/mol. The molecule has 7 heteroatoms. The number of ether oxygens (including phenoxy) is 1. The van der Waals surface area contributed by atoms with Gasteiger partial charge in [-0.1, -0.05) is 0 Å². The predicted octanol–water partition coefficient (Wildman–Crippen LogP) is 1.06. The minimum atomic E-state index is -1.62. The Morgan fingerprint density at radius 2 is 2.00 bits per heavy atom. The number of carboxylic acids is 2. The minimum absolute atomic E-state index is 0.171. The van der Waals surface area contributed by atoms with Gasteiger partial charge in [-0.2, -0.15) is 0 Å². The van der Waals surface area contributed by atoms with Crippen molar-refractivity contribution in [3.8, 4) is 5.88 Å². The van der Waals surface area contributed by atoms with Crippen LogP contribution < -0.4 is 4.74 Å². The van der Waals surface area contributed by atoms with Crippen LogP contribution in [0.3, 0.4) is 0 Å². The summed E-state index contributed by atoms with van der Waals surface area (Å²) in [6, 6.07) is 1.33. The molecule has 0 fully saturated rings. The van der Waals surface area contributed by atoms with Crippen molar-refractivity contribution in [2.24, 2.45) is 0 Å². The first-order valence-corrected chi connectivity index (χ1v) is 5.77. The molecule has 17 heavy (non-hydrogen) atoms. The van der Waals surface area contributed by atoms with Crippen LogP contribution in [0.5, 0.6) is 5.88 Å². The number of aromatic nitrogens is 1. The maximum atomic E-state index is 11.0. The molecule has 0 aliphatic heterocycles. The molecule has 1 aromatic rings. The van der Waals surface area contributed by atoms with Gasteiger partial charge in [0.05, 0.1) is 7.11 Å². The molecule has 0 bridgehead atoms.